The second-order valence-electron chi connectivity index (χ2n) is 3.13. The van der Waals surface area contributed by atoms with Crippen LogP contribution in [0.15, 0.2) is 12.2 Å². The first kappa shape index (κ1) is 14.1. The smallest absolute Gasteiger partial charge is 0.330 e. The average Bonchev–Trinajstić information content (AvgIpc) is 2.17. The van der Waals surface area contributed by atoms with Crippen LogP contribution in [0.3, 0.4) is 0 Å². The van der Waals surface area contributed by atoms with E-state index < -0.39 is 0 Å². The lowest BCUT2D eigenvalue weighted by atomic mass is 10.2. The van der Waals surface area contributed by atoms with Gasteiger partial charge in [0.25, 0.3) is 0 Å². The van der Waals surface area contributed by atoms with Crippen molar-refractivity contribution in [2.45, 2.75) is 39.6 Å². The number of methoxy groups -OCH3 is 1. The fourth-order valence-electron chi connectivity index (χ4n) is 1.08. The first-order valence-electron chi connectivity index (χ1n) is 5.11. The molecule has 0 aromatic rings. The molecule has 0 fully saturated rings. The van der Waals surface area contributed by atoms with Crippen molar-refractivity contribution >= 4 is 5.97 Å². The molecule has 2 atom stereocenters. The second-order valence-corrected chi connectivity index (χ2v) is 3.13. The standard InChI is InChI=1S/C11H20O4/c1-5-14-10(3)15-9(2)7-6-8-11(12)13-4/h6,8-10H,5,7H2,1-4H3/b8-6+. The summed E-state index contributed by atoms with van der Waals surface area (Å²) in [4.78, 5) is 10.7. The molecular weight excluding hydrogens is 196 g/mol. The van der Waals surface area contributed by atoms with Gasteiger partial charge in [-0.2, -0.15) is 0 Å². The van der Waals surface area contributed by atoms with Crippen LogP contribution >= 0.6 is 0 Å². The fourth-order valence-corrected chi connectivity index (χ4v) is 1.08. The summed E-state index contributed by atoms with van der Waals surface area (Å²) in [7, 11) is 1.35. The van der Waals surface area contributed by atoms with Gasteiger partial charge in [0.05, 0.1) is 13.2 Å². The molecule has 0 amide bonds. The molecular formula is C11H20O4. The summed E-state index contributed by atoms with van der Waals surface area (Å²) < 4.78 is 15.2. The van der Waals surface area contributed by atoms with Crippen molar-refractivity contribution in [2.24, 2.45) is 0 Å². The molecule has 4 heteroatoms. The molecule has 0 saturated carbocycles. The summed E-state index contributed by atoms with van der Waals surface area (Å²) in [6.45, 7) is 6.33. The van der Waals surface area contributed by atoms with Crippen LogP contribution in [0.4, 0.5) is 0 Å². The summed E-state index contributed by atoms with van der Waals surface area (Å²) in [6, 6.07) is 0. The number of carbonyl (C=O) groups excluding carboxylic acids is 1. The maximum absolute atomic E-state index is 10.7. The van der Waals surface area contributed by atoms with E-state index in [-0.39, 0.29) is 18.4 Å². The molecule has 0 heterocycles. The average molecular weight is 216 g/mol. The third-order valence-corrected chi connectivity index (χ3v) is 1.75. The van der Waals surface area contributed by atoms with Crippen LogP contribution in [0, 0.1) is 0 Å². The van der Waals surface area contributed by atoms with Gasteiger partial charge in [-0.1, -0.05) is 6.08 Å². The van der Waals surface area contributed by atoms with Crippen molar-refractivity contribution in [3.8, 4) is 0 Å². The lowest BCUT2D eigenvalue weighted by molar-refractivity contribution is -0.151. The molecule has 0 rings (SSSR count). The summed E-state index contributed by atoms with van der Waals surface area (Å²) in [5.41, 5.74) is 0. The Morgan fingerprint density at radius 1 is 1.40 bits per heavy atom. The summed E-state index contributed by atoms with van der Waals surface area (Å²) in [5, 5.41) is 0. The van der Waals surface area contributed by atoms with Gasteiger partial charge in [0.15, 0.2) is 6.29 Å². The zero-order valence-corrected chi connectivity index (χ0v) is 9.86. The van der Waals surface area contributed by atoms with Crippen molar-refractivity contribution in [1.82, 2.24) is 0 Å². The Hall–Kier alpha value is -0.870. The Balaban J connectivity index is 3.69. The van der Waals surface area contributed by atoms with Gasteiger partial charge >= 0.3 is 5.97 Å². The van der Waals surface area contributed by atoms with Crippen LogP contribution in [0.1, 0.15) is 27.2 Å². The highest BCUT2D eigenvalue weighted by atomic mass is 16.7. The molecule has 0 aromatic carbocycles. The van der Waals surface area contributed by atoms with Gasteiger partial charge in [-0.25, -0.2) is 4.79 Å². The molecule has 0 aliphatic carbocycles. The predicted octanol–water partition coefficient (Wildman–Crippen LogP) is 1.89. The molecule has 0 aliphatic heterocycles. The van der Waals surface area contributed by atoms with Gasteiger partial charge in [0.1, 0.15) is 0 Å². The minimum absolute atomic E-state index is 0.0208. The Morgan fingerprint density at radius 3 is 2.60 bits per heavy atom. The molecule has 0 spiro atoms. The largest absolute Gasteiger partial charge is 0.466 e. The van der Waals surface area contributed by atoms with E-state index in [4.69, 9.17) is 9.47 Å². The predicted molar refractivity (Wildman–Crippen MR) is 57.4 cm³/mol. The van der Waals surface area contributed by atoms with Crippen LogP contribution < -0.4 is 0 Å². The number of carbonyl (C=O) groups is 1. The number of rotatable bonds is 7. The quantitative estimate of drug-likeness (QED) is 0.370. The molecule has 15 heavy (non-hydrogen) atoms. The Kier molecular flexibility index (Phi) is 7.95. The molecule has 0 aliphatic rings. The van der Waals surface area contributed by atoms with E-state index in [2.05, 4.69) is 4.74 Å². The first-order chi connectivity index (χ1) is 7.10. The van der Waals surface area contributed by atoms with E-state index in [9.17, 15) is 4.79 Å². The maximum Gasteiger partial charge on any atom is 0.330 e. The third kappa shape index (κ3) is 8.15. The molecule has 4 nitrogen and oxygen atoms in total. The van der Waals surface area contributed by atoms with E-state index in [0.717, 1.165) is 0 Å². The lowest BCUT2D eigenvalue weighted by Gasteiger charge is -2.17. The monoisotopic (exact) mass is 216 g/mol. The van der Waals surface area contributed by atoms with Crippen molar-refractivity contribution in [3.63, 3.8) is 0 Å². The normalized spacial score (nSPS) is 15.2. The molecule has 0 bridgehead atoms. The van der Waals surface area contributed by atoms with Gasteiger partial charge in [-0.15, -0.1) is 0 Å². The summed E-state index contributed by atoms with van der Waals surface area (Å²) in [5.74, 6) is -0.347. The van der Waals surface area contributed by atoms with Crippen molar-refractivity contribution in [1.29, 1.82) is 0 Å². The highest BCUT2D eigenvalue weighted by molar-refractivity contribution is 5.81. The highest BCUT2D eigenvalue weighted by Gasteiger charge is 2.06. The highest BCUT2D eigenvalue weighted by Crippen LogP contribution is 2.04. The van der Waals surface area contributed by atoms with Crippen molar-refractivity contribution in [3.05, 3.63) is 12.2 Å². The fraction of sp³-hybridized carbons (Fsp3) is 0.727. The number of hydrogen-bond acceptors (Lipinski definition) is 4. The van der Waals surface area contributed by atoms with E-state index in [0.29, 0.717) is 13.0 Å². The number of hydrogen-bond donors (Lipinski definition) is 0. The van der Waals surface area contributed by atoms with Crippen LogP contribution in [0.5, 0.6) is 0 Å². The maximum atomic E-state index is 10.7. The van der Waals surface area contributed by atoms with Crippen LogP contribution in [-0.4, -0.2) is 32.1 Å². The molecule has 88 valence electrons. The van der Waals surface area contributed by atoms with Gasteiger partial charge in [-0.05, 0) is 27.2 Å². The first-order valence-corrected chi connectivity index (χ1v) is 5.11. The van der Waals surface area contributed by atoms with Gasteiger partial charge in [0, 0.05) is 12.7 Å². The summed E-state index contributed by atoms with van der Waals surface area (Å²) in [6.07, 6.45) is 3.59. The van der Waals surface area contributed by atoms with Crippen molar-refractivity contribution in [2.75, 3.05) is 13.7 Å². The van der Waals surface area contributed by atoms with E-state index in [1.807, 2.05) is 20.8 Å². The Labute approximate surface area is 91.2 Å². The molecule has 0 radical (unpaired) electrons. The Morgan fingerprint density at radius 2 is 2.07 bits per heavy atom. The number of ether oxygens (including phenoxy) is 3. The lowest BCUT2D eigenvalue weighted by Crippen LogP contribution is -2.19. The Bertz CT molecular complexity index is 201. The van der Waals surface area contributed by atoms with E-state index in [1.54, 1.807) is 6.08 Å². The molecule has 0 N–H and O–H groups in total. The number of esters is 1. The molecule has 0 aromatic heterocycles. The second kappa shape index (κ2) is 8.44. The molecule has 0 saturated heterocycles. The van der Waals surface area contributed by atoms with E-state index in [1.165, 1.54) is 13.2 Å². The minimum Gasteiger partial charge on any atom is -0.466 e. The van der Waals surface area contributed by atoms with E-state index >= 15 is 0 Å². The molecule has 2 unspecified atom stereocenters. The summed E-state index contributed by atoms with van der Waals surface area (Å²) >= 11 is 0. The zero-order valence-electron chi connectivity index (χ0n) is 9.86. The topological polar surface area (TPSA) is 44.8 Å². The van der Waals surface area contributed by atoms with Gasteiger partial charge in [0.2, 0.25) is 0 Å². The zero-order chi connectivity index (χ0) is 11.7. The van der Waals surface area contributed by atoms with Gasteiger partial charge in [-0.3, -0.25) is 0 Å². The SMILES string of the molecule is CCOC(C)OC(C)C/C=C/C(=O)OC. The van der Waals surface area contributed by atoms with Crippen molar-refractivity contribution < 1.29 is 19.0 Å². The van der Waals surface area contributed by atoms with Crippen LogP contribution in [0.25, 0.3) is 0 Å². The minimum atomic E-state index is -0.347. The van der Waals surface area contributed by atoms with Crippen LogP contribution in [-0.2, 0) is 19.0 Å². The third-order valence-electron chi connectivity index (χ3n) is 1.75. The van der Waals surface area contributed by atoms with Gasteiger partial charge < -0.3 is 14.2 Å². The van der Waals surface area contributed by atoms with Crippen LogP contribution in [0.2, 0.25) is 0 Å².